The van der Waals surface area contributed by atoms with E-state index >= 15 is 0 Å². The van der Waals surface area contributed by atoms with Gasteiger partial charge in [-0.15, -0.1) is 0 Å². The third-order valence-electron chi connectivity index (χ3n) is 2.86. The molecule has 0 saturated carbocycles. The summed E-state index contributed by atoms with van der Waals surface area (Å²) in [6, 6.07) is 0.523. The summed E-state index contributed by atoms with van der Waals surface area (Å²) >= 11 is 8.11. The molecule has 0 radical (unpaired) electrons. The highest BCUT2D eigenvalue weighted by molar-refractivity contribution is 7.99. The first-order valence-corrected chi connectivity index (χ1v) is 7.11. The van der Waals surface area contributed by atoms with E-state index in [0.717, 1.165) is 35.9 Å². The Bertz CT molecular complexity index is 372. The zero-order valence-corrected chi connectivity index (χ0v) is 11.2. The number of halogens is 1. The van der Waals surface area contributed by atoms with Crippen LogP contribution in [-0.2, 0) is 6.42 Å². The van der Waals surface area contributed by atoms with E-state index in [1.54, 1.807) is 6.33 Å². The molecule has 0 amide bonds. The zero-order valence-electron chi connectivity index (χ0n) is 9.61. The minimum absolute atomic E-state index is 0.523. The average Bonchev–Trinajstić information content (AvgIpc) is 2.29. The van der Waals surface area contributed by atoms with E-state index in [1.807, 2.05) is 11.8 Å². The zero-order chi connectivity index (χ0) is 11.5. The Balaban J connectivity index is 2.34. The first-order valence-electron chi connectivity index (χ1n) is 5.57. The van der Waals surface area contributed by atoms with Gasteiger partial charge in [-0.2, -0.15) is 11.8 Å². The average molecular weight is 258 g/mol. The third kappa shape index (κ3) is 2.28. The molecule has 0 aromatic carbocycles. The third-order valence-corrected chi connectivity index (χ3v) is 4.38. The van der Waals surface area contributed by atoms with E-state index in [-0.39, 0.29) is 0 Å². The fraction of sp³-hybridized carbons (Fsp3) is 0.636. The normalized spacial score (nSPS) is 21.2. The lowest BCUT2D eigenvalue weighted by molar-refractivity contribution is 0.683. The first-order chi connectivity index (χ1) is 7.74. The SMILES string of the molecule is CCc1c(Cl)ncnc1N1CCSCC1C. The van der Waals surface area contributed by atoms with Gasteiger partial charge in [0, 0.05) is 29.7 Å². The van der Waals surface area contributed by atoms with Crippen molar-refractivity contribution in [3.8, 4) is 0 Å². The quantitative estimate of drug-likeness (QED) is 0.762. The monoisotopic (exact) mass is 257 g/mol. The van der Waals surface area contributed by atoms with Gasteiger partial charge in [0.15, 0.2) is 0 Å². The van der Waals surface area contributed by atoms with Crippen LogP contribution in [0.25, 0.3) is 0 Å². The van der Waals surface area contributed by atoms with E-state index in [0.29, 0.717) is 11.2 Å². The second-order valence-corrected chi connectivity index (χ2v) is 5.45. The van der Waals surface area contributed by atoms with E-state index < -0.39 is 0 Å². The van der Waals surface area contributed by atoms with Gasteiger partial charge in [-0.3, -0.25) is 0 Å². The topological polar surface area (TPSA) is 29.0 Å². The van der Waals surface area contributed by atoms with Crippen LogP contribution in [0.15, 0.2) is 6.33 Å². The molecule has 3 nitrogen and oxygen atoms in total. The molecule has 16 heavy (non-hydrogen) atoms. The Labute approximate surface area is 106 Å². The lowest BCUT2D eigenvalue weighted by Crippen LogP contribution is -2.41. The number of aromatic nitrogens is 2. The predicted octanol–water partition coefficient (Wildman–Crippen LogP) is 2.63. The fourth-order valence-electron chi connectivity index (χ4n) is 1.98. The van der Waals surface area contributed by atoms with Crippen molar-refractivity contribution in [2.24, 2.45) is 0 Å². The number of nitrogens with zero attached hydrogens (tertiary/aromatic N) is 3. The molecule has 1 aliphatic heterocycles. The van der Waals surface area contributed by atoms with E-state index in [9.17, 15) is 0 Å². The van der Waals surface area contributed by atoms with Gasteiger partial charge in [0.25, 0.3) is 0 Å². The van der Waals surface area contributed by atoms with Crippen molar-refractivity contribution in [1.82, 2.24) is 9.97 Å². The maximum atomic E-state index is 6.11. The van der Waals surface area contributed by atoms with Gasteiger partial charge in [-0.05, 0) is 13.3 Å². The molecule has 1 unspecified atom stereocenters. The van der Waals surface area contributed by atoms with Crippen LogP contribution in [0.4, 0.5) is 5.82 Å². The van der Waals surface area contributed by atoms with Gasteiger partial charge in [-0.25, -0.2) is 9.97 Å². The summed E-state index contributed by atoms with van der Waals surface area (Å²) in [7, 11) is 0. The lowest BCUT2D eigenvalue weighted by Gasteiger charge is -2.35. The van der Waals surface area contributed by atoms with Crippen molar-refractivity contribution >= 4 is 29.2 Å². The van der Waals surface area contributed by atoms with Gasteiger partial charge in [0.05, 0.1) is 0 Å². The van der Waals surface area contributed by atoms with Crippen LogP contribution in [-0.4, -0.2) is 34.1 Å². The number of hydrogen-bond acceptors (Lipinski definition) is 4. The molecule has 1 aromatic rings. The molecule has 0 spiro atoms. The Morgan fingerprint density at radius 3 is 3.06 bits per heavy atom. The smallest absolute Gasteiger partial charge is 0.137 e. The molecule has 1 aromatic heterocycles. The van der Waals surface area contributed by atoms with Crippen molar-refractivity contribution in [2.45, 2.75) is 26.3 Å². The Morgan fingerprint density at radius 1 is 1.56 bits per heavy atom. The second-order valence-electron chi connectivity index (χ2n) is 3.94. The molecule has 1 atom stereocenters. The van der Waals surface area contributed by atoms with Crippen molar-refractivity contribution in [3.05, 3.63) is 17.0 Å². The molecular formula is C11H16ClN3S. The molecule has 1 aliphatic rings. The minimum Gasteiger partial charge on any atom is -0.352 e. The highest BCUT2D eigenvalue weighted by Crippen LogP contribution is 2.28. The lowest BCUT2D eigenvalue weighted by atomic mass is 10.2. The molecule has 2 heterocycles. The van der Waals surface area contributed by atoms with Gasteiger partial charge in [0.2, 0.25) is 0 Å². The Morgan fingerprint density at radius 2 is 2.38 bits per heavy atom. The van der Waals surface area contributed by atoms with Crippen LogP contribution in [0.1, 0.15) is 19.4 Å². The van der Waals surface area contributed by atoms with Crippen molar-refractivity contribution < 1.29 is 0 Å². The van der Waals surface area contributed by atoms with E-state index in [1.165, 1.54) is 0 Å². The molecule has 0 bridgehead atoms. The molecule has 0 N–H and O–H groups in total. The van der Waals surface area contributed by atoms with Gasteiger partial charge < -0.3 is 4.90 Å². The van der Waals surface area contributed by atoms with Crippen LogP contribution in [0.3, 0.4) is 0 Å². The summed E-state index contributed by atoms with van der Waals surface area (Å²) in [5.41, 5.74) is 1.07. The fourth-order valence-corrected chi connectivity index (χ4v) is 3.25. The van der Waals surface area contributed by atoms with Crippen molar-refractivity contribution in [1.29, 1.82) is 0 Å². The van der Waals surface area contributed by atoms with Crippen LogP contribution in [0.2, 0.25) is 5.15 Å². The predicted molar refractivity (Wildman–Crippen MR) is 70.6 cm³/mol. The Kier molecular flexibility index (Phi) is 3.92. The molecule has 1 fully saturated rings. The summed E-state index contributed by atoms with van der Waals surface area (Å²) in [6.07, 6.45) is 2.44. The standard InChI is InChI=1S/C11H16ClN3S/c1-3-9-10(12)13-7-14-11(9)15-4-5-16-6-8(15)2/h7-8H,3-6H2,1-2H3. The van der Waals surface area contributed by atoms with Gasteiger partial charge in [0.1, 0.15) is 17.3 Å². The number of anilines is 1. The van der Waals surface area contributed by atoms with Crippen LogP contribution < -0.4 is 4.90 Å². The van der Waals surface area contributed by atoms with Crippen molar-refractivity contribution in [2.75, 3.05) is 23.0 Å². The molecule has 0 aliphatic carbocycles. The highest BCUT2D eigenvalue weighted by Gasteiger charge is 2.23. The summed E-state index contributed by atoms with van der Waals surface area (Å²) in [5.74, 6) is 3.34. The molecule has 2 rings (SSSR count). The summed E-state index contributed by atoms with van der Waals surface area (Å²) < 4.78 is 0. The molecule has 1 saturated heterocycles. The van der Waals surface area contributed by atoms with E-state index in [2.05, 4.69) is 28.7 Å². The number of rotatable bonds is 2. The summed E-state index contributed by atoms with van der Waals surface area (Å²) in [4.78, 5) is 10.8. The summed E-state index contributed by atoms with van der Waals surface area (Å²) in [6.45, 7) is 5.38. The first kappa shape index (κ1) is 12.0. The summed E-state index contributed by atoms with van der Waals surface area (Å²) in [5, 5.41) is 0.595. The Hall–Kier alpha value is -0.480. The van der Waals surface area contributed by atoms with Gasteiger partial charge in [-0.1, -0.05) is 18.5 Å². The number of hydrogen-bond donors (Lipinski definition) is 0. The number of thioether (sulfide) groups is 1. The molecular weight excluding hydrogens is 242 g/mol. The molecule has 5 heteroatoms. The molecule has 88 valence electrons. The van der Waals surface area contributed by atoms with Crippen molar-refractivity contribution in [3.63, 3.8) is 0 Å². The van der Waals surface area contributed by atoms with Crippen LogP contribution in [0, 0.1) is 0 Å². The van der Waals surface area contributed by atoms with E-state index in [4.69, 9.17) is 11.6 Å². The van der Waals surface area contributed by atoms with Crippen LogP contribution >= 0.6 is 23.4 Å². The van der Waals surface area contributed by atoms with Gasteiger partial charge >= 0.3 is 0 Å². The maximum absolute atomic E-state index is 6.11. The van der Waals surface area contributed by atoms with Crippen LogP contribution in [0.5, 0.6) is 0 Å². The highest BCUT2D eigenvalue weighted by atomic mass is 35.5. The largest absolute Gasteiger partial charge is 0.352 e. The maximum Gasteiger partial charge on any atom is 0.137 e. The minimum atomic E-state index is 0.523. The second kappa shape index (κ2) is 5.23.